The van der Waals surface area contributed by atoms with Gasteiger partial charge in [0, 0.05) is 22.1 Å². The number of carbonyl (C=O) groups is 2. The van der Waals surface area contributed by atoms with Crippen LogP contribution in [0.5, 0.6) is 0 Å². The van der Waals surface area contributed by atoms with Crippen LogP contribution >= 0.6 is 23.2 Å². The van der Waals surface area contributed by atoms with Crippen LogP contribution in [0, 0.1) is 6.92 Å². The molecule has 3 aromatic rings. The topological polar surface area (TPSA) is 86.8 Å². The minimum atomic E-state index is -4.20. The van der Waals surface area contributed by atoms with Gasteiger partial charge >= 0.3 is 0 Å². The molecule has 0 bridgehead atoms. The largest absolute Gasteiger partial charge is 0.350 e. The summed E-state index contributed by atoms with van der Waals surface area (Å²) >= 11 is 12.4. The molecule has 0 saturated carbocycles. The second-order valence-corrected chi connectivity index (χ2v) is 13.1. The molecule has 2 amide bonds. The van der Waals surface area contributed by atoms with Crippen LogP contribution < -0.4 is 9.62 Å². The van der Waals surface area contributed by atoms with E-state index in [0.717, 1.165) is 15.4 Å². The molecule has 3 aromatic carbocycles. The lowest BCUT2D eigenvalue weighted by Crippen LogP contribution is -2.54. The monoisotopic (exact) mass is 589 g/mol. The van der Waals surface area contributed by atoms with Crippen LogP contribution in [-0.2, 0) is 26.2 Å². The highest BCUT2D eigenvalue weighted by Gasteiger charge is 2.33. The average Bonchev–Trinajstić information content (AvgIpc) is 2.85. The van der Waals surface area contributed by atoms with Crippen molar-refractivity contribution in [1.82, 2.24) is 10.2 Å². The maximum Gasteiger partial charge on any atom is 0.264 e. The van der Waals surface area contributed by atoms with Crippen molar-refractivity contribution in [2.24, 2.45) is 0 Å². The highest BCUT2D eigenvalue weighted by molar-refractivity contribution is 7.92. The summed E-state index contributed by atoms with van der Waals surface area (Å²) in [6, 6.07) is 18.8. The van der Waals surface area contributed by atoms with E-state index < -0.39 is 34.1 Å². The van der Waals surface area contributed by atoms with Gasteiger partial charge < -0.3 is 10.2 Å². The van der Waals surface area contributed by atoms with Gasteiger partial charge in [-0.15, -0.1) is 0 Å². The Morgan fingerprint density at radius 1 is 0.923 bits per heavy atom. The molecule has 3 rings (SSSR count). The summed E-state index contributed by atoms with van der Waals surface area (Å²) in [6.45, 7) is 8.63. The first-order valence-electron chi connectivity index (χ1n) is 12.4. The zero-order chi connectivity index (χ0) is 29.0. The van der Waals surface area contributed by atoms with Crippen molar-refractivity contribution in [2.75, 3.05) is 10.8 Å². The van der Waals surface area contributed by atoms with Crippen molar-refractivity contribution in [3.05, 3.63) is 94.0 Å². The van der Waals surface area contributed by atoms with Gasteiger partial charge in [-0.3, -0.25) is 13.9 Å². The number of nitrogens with one attached hydrogen (secondary N) is 1. The van der Waals surface area contributed by atoms with Gasteiger partial charge in [-0.05, 0) is 76.1 Å². The summed E-state index contributed by atoms with van der Waals surface area (Å²) in [5.41, 5.74) is 1.38. The van der Waals surface area contributed by atoms with E-state index in [-0.39, 0.29) is 33.1 Å². The first-order valence-corrected chi connectivity index (χ1v) is 14.6. The van der Waals surface area contributed by atoms with Crippen molar-refractivity contribution in [1.29, 1.82) is 0 Å². The van der Waals surface area contributed by atoms with Crippen LogP contribution in [0.25, 0.3) is 0 Å². The number of aryl methyl sites for hydroxylation is 1. The third-order valence-corrected chi connectivity index (χ3v) is 8.24. The predicted octanol–water partition coefficient (Wildman–Crippen LogP) is 5.83. The lowest BCUT2D eigenvalue weighted by Gasteiger charge is -2.33. The Morgan fingerprint density at radius 2 is 1.49 bits per heavy atom. The van der Waals surface area contributed by atoms with E-state index in [1.165, 1.54) is 35.2 Å². The van der Waals surface area contributed by atoms with E-state index in [2.05, 4.69) is 5.32 Å². The molecule has 1 unspecified atom stereocenters. The van der Waals surface area contributed by atoms with Gasteiger partial charge in [0.05, 0.1) is 10.6 Å². The molecule has 1 atom stereocenters. The number of benzene rings is 3. The van der Waals surface area contributed by atoms with Crippen LogP contribution in [0.1, 0.15) is 38.8 Å². The molecule has 0 heterocycles. The van der Waals surface area contributed by atoms with E-state index in [0.29, 0.717) is 0 Å². The average molecular weight is 591 g/mol. The Balaban J connectivity index is 2.07. The Morgan fingerprint density at radius 3 is 2.05 bits per heavy atom. The molecule has 0 spiro atoms. The van der Waals surface area contributed by atoms with Crippen molar-refractivity contribution >= 4 is 50.7 Å². The van der Waals surface area contributed by atoms with Crippen molar-refractivity contribution in [3.8, 4) is 0 Å². The number of halogens is 2. The van der Waals surface area contributed by atoms with Gasteiger partial charge in [-0.2, -0.15) is 0 Å². The first kappa shape index (κ1) is 30.5. The molecule has 0 aliphatic heterocycles. The summed E-state index contributed by atoms with van der Waals surface area (Å²) in [7, 11) is -4.20. The van der Waals surface area contributed by atoms with E-state index in [9.17, 15) is 18.0 Å². The summed E-state index contributed by atoms with van der Waals surface area (Å²) < 4.78 is 28.6. The molecule has 7 nitrogen and oxygen atoms in total. The normalized spacial score (nSPS) is 12.5. The zero-order valence-electron chi connectivity index (χ0n) is 22.6. The van der Waals surface area contributed by atoms with Crippen LogP contribution in [0.2, 0.25) is 10.0 Å². The molecule has 1 N–H and O–H groups in total. The fourth-order valence-corrected chi connectivity index (χ4v) is 5.89. The van der Waals surface area contributed by atoms with Crippen LogP contribution in [0.4, 0.5) is 5.69 Å². The lowest BCUT2D eigenvalue weighted by atomic mass is 10.1. The SMILES string of the molecule is Cc1ccccc1CN(C(=O)CN(c1cc(Cl)cc(Cl)c1)S(=O)(=O)c1ccccc1)C(C)C(=O)NC(C)(C)C. The maximum absolute atomic E-state index is 14.0. The van der Waals surface area contributed by atoms with Crippen LogP contribution in [0.15, 0.2) is 77.7 Å². The summed E-state index contributed by atoms with van der Waals surface area (Å²) in [4.78, 5) is 28.5. The third-order valence-electron chi connectivity index (χ3n) is 6.01. The van der Waals surface area contributed by atoms with E-state index in [1.54, 1.807) is 25.1 Å². The second-order valence-electron chi connectivity index (χ2n) is 10.3. The Kier molecular flexibility index (Phi) is 9.69. The van der Waals surface area contributed by atoms with E-state index in [1.807, 2.05) is 52.0 Å². The van der Waals surface area contributed by atoms with Crippen molar-refractivity contribution in [3.63, 3.8) is 0 Å². The predicted molar refractivity (Wildman–Crippen MR) is 157 cm³/mol. The Bertz CT molecular complexity index is 1420. The number of hydrogen-bond acceptors (Lipinski definition) is 4. The summed E-state index contributed by atoms with van der Waals surface area (Å²) in [5.74, 6) is -0.918. The lowest BCUT2D eigenvalue weighted by molar-refractivity contribution is -0.140. The molecule has 10 heteroatoms. The minimum Gasteiger partial charge on any atom is -0.350 e. The van der Waals surface area contributed by atoms with E-state index >= 15 is 0 Å². The number of sulfonamides is 1. The summed E-state index contributed by atoms with van der Waals surface area (Å²) in [5, 5.41) is 3.34. The highest BCUT2D eigenvalue weighted by atomic mass is 35.5. The van der Waals surface area contributed by atoms with Gasteiger partial charge in [-0.1, -0.05) is 65.7 Å². The fourth-order valence-electron chi connectivity index (χ4n) is 3.96. The maximum atomic E-state index is 14.0. The molecule has 208 valence electrons. The van der Waals surface area contributed by atoms with Crippen LogP contribution in [0.3, 0.4) is 0 Å². The van der Waals surface area contributed by atoms with E-state index in [4.69, 9.17) is 23.2 Å². The van der Waals surface area contributed by atoms with Gasteiger partial charge in [-0.25, -0.2) is 8.42 Å². The number of rotatable bonds is 9. The minimum absolute atomic E-state index is 0.00197. The highest BCUT2D eigenvalue weighted by Crippen LogP contribution is 2.30. The number of carbonyl (C=O) groups excluding carboxylic acids is 2. The molecule has 0 saturated heterocycles. The Labute approximate surface area is 240 Å². The molecular weight excluding hydrogens is 557 g/mol. The van der Waals surface area contributed by atoms with Gasteiger partial charge in [0.2, 0.25) is 11.8 Å². The van der Waals surface area contributed by atoms with Crippen LogP contribution in [-0.4, -0.2) is 43.3 Å². The number of nitrogens with zero attached hydrogens (tertiary/aromatic N) is 2. The number of amides is 2. The molecule has 0 aliphatic carbocycles. The molecular formula is C29H33Cl2N3O4S. The van der Waals surface area contributed by atoms with Crippen molar-refractivity contribution < 1.29 is 18.0 Å². The van der Waals surface area contributed by atoms with Gasteiger partial charge in [0.1, 0.15) is 12.6 Å². The fraction of sp³-hybridized carbons (Fsp3) is 0.310. The number of hydrogen-bond donors (Lipinski definition) is 1. The molecule has 0 fully saturated rings. The Hall–Kier alpha value is -3.07. The summed E-state index contributed by atoms with van der Waals surface area (Å²) in [6.07, 6.45) is 0. The number of anilines is 1. The molecule has 0 aromatic heterocycles. The van der Waals surface area contributed by atoms with Crippen molar-refractivity contribution in [2.45, 2.75) is 57.6 Å². The second kappa shape index (κ2) is 12.4. The molecule has 39 heavy (non-hydrogen) atoms. The standard InChI is InChI=1S/C29H33Cl2N3O4S/c1-20-11-9-10-12-22(20)18-33(21(2)28(36)32-29(3,4)5)27(35)19-34(25-16-23(30)15-24(31)17-25)39(37,38)26-13-7-6-8-14-26/h6-17,21H,18-19H2,1-5H3,(H,32,36). The molecule has 0 aliphatic rings. The third kappa shape index (κ3) is 7.97. The first-order chi connectivity index (χ1) is 18.2. The van der Waals surface area contributed by atoms with Gasteiger partial charge in [0.25, 0.3) is 10.0 Å². The molecule has 0 radical (unpaired) electrons. The zero-order valence-corrected chi connectivity index (χ0v) is 24.9. The smallest absolute Gasteiger partial charge is 0.264 e. The quantitative estimate of drug-likeness (QED) is 0.340. The van der Waals surface area contributed by atoms with Gasteiger partial charge in [0.15, 0.2) is 0 Å².